The predicted molar refractivity (Wildman–Crippen MR) is 81.4 cm³/mol. The highest BCUT2D eigenvalue weighted by Crippen LogP contribution is 2.25. The molecule has 4 nitrogen and oxygen atoms in total. The van der Waals surface area contributed by atoms with Crippen LogP contribution in [0.3, 0.4) is 0 Å². The Morgan fingerprint density at radius 3 is 2.38 bits per heavy atom. The Bertz CT molecular complexity index is 611. The van der Waals surface area contributed by atoms with Gasteiger partial charge in [-0.3, -0.25) is 4.79 Å². The second-order valence-corrected chi connectivity index (χ2v) is 5.71. The Balaban J connectivity index is 2.07. The minimum absolute atomic E-state index is 0.230. The van der Waals surface area contributed by atoms with Crippen LogP contribution in [0.25, 0.3) is 0 Å². The number of carboxylic acids is 1. The van der Waals surface area contributed by atoms with Gasteiger partial charge in [-0.15, -0.1) is 0 Å². The maximum Gasteiger partial charge on any atom is 0.332 e. The number of amides is 1. The normalized spacial score (nSPS) is 15.0. The van der Waals surface area contributed by atoms with Crippen LogP contribution in [-0.2, 0) is 16.1 Å². The van der Waals surface area contributed by atoms with Crippen LogP contribution >= 0.6 is 23.2 Å². The van der Waals surface area contributed by atoms with Gasteiger partial charge in [0.2, 0.25) is 5.91 Å². The van der Waals surface area contributed by atoms with Crippen LogP contribution in [0.15, 0.2) is 29.3 Å². The van der Waals surface area contributed by atoms with Crippen molar-refractivity contribution < 1.29 is 14.7 Å². The zero-order chi connectivity index (χ0) is 15.4. The highest BCUT2D eigenvalue weighted by atomic mass is 35.5. The topological polar surface area (TPSA) is 66.4 Å². The molecule has 0 unspecified atom stereocenters. The van der Waals surface area contributed by atoms with Gasteiger partial charge in [-0.05, 0) is 43.4 Å². The molecule has 0 aromatic heterocycles. The molecule has 21 heavy (non-hydrogen) atoms. The lowest BCUT2D eigenvalue weighted by molar-refractivity contribution is -0.133. The first-order chi connectivity index (χ1) is 9.99. The van der Waals surface area contributed by atoms with Gasteiger partial charge in [0.25, 0.3) is 0 Å². The van der Waals surface area contributed by atoms with Gasteiger partial charge in [0.1, 0.15) is 0 Å². The van der Waals surface area contributed by atoms with Gasteiger partial charge in [-0.2, -0.15) is 0 Å². The summed E-state index contributed by atoms with van der Waals surface area (Å²) in [6, 6.07) is 5.10. The first kappa shape index (κ1) is 15.9. The van der Waals surface area contributed by atoms with Crippen molar-refractivity contribution in [3.05, 3.63) is 45.0 Å². The Hall–Kier alpha value is -1.52. The number of halogens is 2. The highest BCUT2D eigenvalue weighted by Gasteiger charge is 2.23. The van der Waals surface area contributed by atoms with Gasteiger partial charge in [-0.25, -0.2) is 4.79 Å². The summed E-state index contributed by atoms with van der Waals surface area (Å²) >= 11 is 11.7. The summed E-state index contributed by atoms with van der Waals surface area (Å²) in [7, 11) is 0. The summed E-state index contributed by atoms with van der Waals surface area (Å²) < 4.78 is 0. The van der Waals surface area contributed by atoms with E-state index in [1.165, 1.54) is 0 Å². The lowest BCUT2D eigenvalue weighted by Crippen LogP contribution is -2.28. The standard InChI is InChI=1S/C15H15Cl2NO3/c16-12-6-5-9(7-13(12)17)8-18-14(19)10-3-1-2-4-11(10)15(20)21/h5-7H,1-4,8H2,(H,18,19)(H,20,21). The van der Waals surface area contributed by atoms with E-state index in [0.717, 1.165) is 18.4 Å². The fourth-order valence-corrected chi connectivity index (χ4v) is 2.65. The Morgan fingerprint density at radius 2 is 1.76 bits per heavy atom. The second-order valence-electron chi connectivity index (χ2n) is 4.90. The van der Waals surface area contributed by atoms with Crippen LogP contribution < -0.4 is 5.32 Å². The SMILES string of the molecule is O=C(O)C1=C(C(=O)NCc2ccc(Cl)c(Cl)c2)CCCC1. The van der Waals surface area contributed by atoms with E-state index in [4.69, 9.17) is 28.3 Å². The number of benzene rings is 1. The van der Waals surface area contributed by atoms with Crippen molar-refractivity contribution in [2.24, 2.45) is 0 Å². The average Bonchev–Trinajstić information content (AvgIpc) is 2.48. The van der Waals surface area contributed by atoms with Crippen LogP contribution in [0.1, 0.15) is 31.2 Å². The molecule has 0 saturated carbocycles. The molecule has 1 aliphatic carbocycles. The van der Waals surface area contributed by atoms with E-state index in [-0.39, 0.29) is 18.0 Å². The van der Waals surface area contributed by atoms with Crippen molar-refractivity contribution in [2.45, 2.75) is 32.2 Å². The molecule has 6 heteroatoms. The van der Waals surface area contributed by atoms with Crippen molar-refractivity contribution in [1.82, 2.24) is 5.32 Å². The van der Waals surface area contributed by atoms with E-state index >= 15 is 0 Å². The number of carbonyl (C=O) groups is 2. The van der Waals surface area contributed by atoms with E-state index in [1.54, 1.807) is 18.2 Å². The summed E-state index contributed by atoms with van der Waals surface area (Å²) in [6.45, 7) is 0.284. The number of carbonyl (C=O) groups excluding carboxylic acids is 1. The molecule has 1 aromatic rings. The summed E-state index contributed by atoms with van der Waals surface area (Å²) in [5.41, 5.74) is 1.42. The first-order valence-corrected chi connectivity index (χ1v) is 7.42. The number of hydrogen-bond donors (Lipinski definition) is 2. The molecule has 2 rings (SSSR count). The van der Waals surface area contributed by atoms with Crippen molar-refractivity contribution >= 4 is 35.1 Å². The lowest BCUT2D eigenvalue weighted by atomic mass is 9.91. The van der Waals surface area contributed by atoms with Crippen LogP contribution in [0.5, 0.6) is 0 Å². The van der Waals surface area contributed by atoms with E-state index in [2.05, 4.69) is 5.32 Å². The first-order valence-electron chi connectivity index (χ1n) is 6.66. The number of carboxylic acid groups (broad SMARTS) is 1. The molecule has 0 atom stereocenters. The molecule has 0 radical (unpaired) electrons. The van der Waals surface area contributed by atoms with Gasteiger partial charge in [0, 0.05) is 17.7 Å². The lowest BCUT2D eigenvalue weighted by Gasteiger charge is -2.17. The third kappa shape index (κ3) is 3.99. The molecule has 0 aliphatic heterocycles. The number of nitrogens with one attached hydrogen (secondary N) is 1. The third-order valence-electron chi connectivity index (χ3n) is 3.44. The molecular weight excluding hydrogens is 313 g/mol. The van der Waals surface area contributed by atoms with E-state index in [9.17, 15) is 9.59 Å². The molecule has 0 spiro atoms. The Morgan fingerprint density at radius 1 is 1.10 bits per heavy atom. The maximum atomic E-state index is 12.1. The second kappa shape index (κ2) is 6.96. The van der Waals surface area contributed by atoms with Crippen LogP contribution in [0, 0.1) is 0 Å². The summed E-state index contributed by atoms with van der Waals surface area (Å²) in [4.78, 5) is 23.3. The van der Waals surface area contributed by atoms with Gasteiger partial charge in [-0.1, -0.05) is 29.3 Å². The smallest absolute Gasteiger partial charge is 0.332 e. The minimum atomic E-state index is -1.01. The molecule has 112 valence electrons. The molecule has 1 amide bonds. The number of rotatable bonds is 4. The van der Waals surface area contributed by atoms with Crippen LogP contribution in [0.2, 0.25) is 10.0 Å². The number of hydrogen-bond acceptors (Lipinski definition) is 2. The molecular formula is C15H15Cl2NO3. The van der Waals surface area contributed by atoms with Crippen LogP contribution in [-0.4, -0.2) is 17.0 Å². The van der Waals surface area contributed by atoms with Crippen molar-refractivity contribution in [2.75, 3.05) is 0 Å². The van der Waals surface area contributed by atoms with Crippen LogP contribution in [0.4, 0.5) is 0 Å². The minimum Gasteiger partial charge on any atom is -0.478 e. The fraction of sp³-hybridized carbons (Fsp3) is 0.333. The van der Waals surface area contributed by atoms with E-state index in [1.807, 2.05) is 0 Å². The summed E-state index contributed by atoms with van der Waals surface area (Å²) in [5, 5.41) is 12.8. The third-order valence-corrected chi connectivity index (χ3v) is 4.18. The Labute approximate surface area is 132 Å². The molecule has 0 heterocycles. The zero-order valence-electron chi connectivity index (χ0n) is 11.3. The van der Waals surface area contributed by atoms with E-state index in [0.29, 0.717) is 28.5 Å². The van der Waals surface area contributed by atoms with Gasteiger partial charge in [0.15, 0.2) is 0 Å². The van der Waals surface area contributed by atoms with Crippen molar-refractivity contribution in [3.63, 3.8) is 0 Å². The molecule has 1 aliphatic rings. The van der Waals surface area contributed by atoms with Crippen molar-refractivity contribution in [3.8, 4) is 0 Å². The van der Waals surface area contributed by atoms with Gasteiger partial charge < -0.3 is 10.4 Å². The number of aliphatic carboxylic acids is 1. The summed E-state index contributed by atoms with van der Waals surface area (Å²) in [5.74, 6) is -1.33. The molecule has 2 N–H and O–H groups in total. The molecule has 0 fully saturated rings. The quantitative estimate of drug-likeness (QED) is 0.888. The molecule has 0 bridgehead atoms. The molecule has 1 aromatic carbocycles. The molecule has 0 saturated heterocycles. The highest BCUT2D eigenvalue weighted by molar-refractivity contribution is 6.42. The Kier molecular flexibility index (Phi) is 5.26. The van der Waals surface area contributed by atoms with Crippen molar-refractivity contribution in [1.29, 1.82) is 0 Å². The fourth-order valence-electron chi connectivity index (χ4n) is 2.33. The maximum absolute atomic E-state index is 12.1. The predicted octanol–water partition coefficient (Wildman–Crippen LogP) is 3.56. The monoisotopic (exact) mass is 327 g/mol. The summed E-state index contributed by atoms with van der Waals surface area (Å²) in [6.07, 6.45) is 2.61. The van der Waals surface area contributed by atoms with Gasteiger partial charge >= 0.3 is 5.97 Å². The zero-order valence-corrected chi connectivity index (χ0v) is 12.8. The van der Waals surface area contributed by atoms with E-state index < -0.39 is 5.97 Å². The average molecular weight is 328 g/mol. The largest absolute Gasteiger partial charge is 0.478 e. The van der Waals surface area contributed by atoms with Gasteiger partial charge in [0.05, 0.1) is 10.0 Å².